The number of aromatic nitrogens is 1. The molecule has 2 amide bonds. The number of anilines is 2. The Kier molecular flexibility index (Phi) is 5.46. The Hall–Kier alpha value is -2.25. The number of hydrogen-bond donors (Lipinski definition) is 2. The average Bonchev–Trinajstić information content (AvgIpc) is 2.97. The fourth-order valence-corrected chi connectivity index (χ4v) is 4.71. The highest BCUT2D eigenvalue weighted by Crippen LogP contribution is 2.31. The zero-order valence-corrected chi connectivity index (χ0v) is 17.2. The van der Waals surface area contributed by atoms with E-state index >= 15 is 0 Å². The largest absolute Gasteiger partial charge is 0.325 e. The number of carbonyl (C=O) groups excluding carboxylic acids is 2. The van der Waals surface area contributed by atoms with E-state index in [2.05, 4.69) is 26.6 Å². The maximum absolute atomic E-state index is 12.5. The summed E-state index contributed by atoms with van der Waals surface area (Å²) in [6, 6.07) is 6.03. The van der Waals surface area contributed by atoms with Gasteiger partial charge < -0.3 is 10.6 Å². The summed E-state index contributed by atoms with van der Waals surface area (Å²) < 4.78 is 0. The van der Waals surface area contributed by atoms with Gasteiger partial charge in [-0.05, 0) is 38.3 Å². The summed E-state index contributed by atoms with van der Waals surface area (Å²) in [4.78, 5) is 32.5. The number of amides is 2. The highest BCUT2D eigenvalue weighted by atomic mass is 32.1. The molecule has 0 spiro atoms. The topological polar surface area (TPSA) is 74.3 Å². The minimum atomic E-state index is -0.00146. The molecule has 148 valence electrons. The standard InChI is InChI=1S/C21H26N4O2S/c1-13-6-7-16(14(2)10-13)22-19(26)12-25-9-8-17-18(11-25)28-21(23-17)24-20(27)15-4-3-5-15/h6-7,10,15H,3-5,8-9,11-12H2,1-2H3,(H,22,26)(H,23,24,27). The minimum Gasteiger partial charge on any atom is -0.325 e. The van der Waals surface area contributed by atoms with Crippen LogP contribution >= 0.6 is 11.3 Å². The minimum absolute atomic E-state index is 0.00146. The van der Waals surface area contributed by atoms with Crippen molar-refractivity contribution in [2.24, 2.45) is 5.92 Å². The predicted octanol–water partition coefficient (Wildman–Crippen LogP) is 3.50. The molecule has 6 nitrogen and oxygen atoms in total. The van der Waals surface area contributed by atoms with Crippen LogP contribution in [0, 0.1) is 19.8 Å². The van der Waals surface area contributed by atoms with Crippen LogP contribution in [-0.4, -0.2) is 34.8 Å². The number of fused-ring (bicyclic) bond motifs is 1. The van der Waals surface area contributed by atoms with Gasteiger partial charge in [-0.1, -0.05) is 24.1 Å². The number of aryl methyl sites for hydroxylation is 2. The third kappa shape index (κ3) is 4.25. The number of carbonyl (C=O) groups is 2. The van der Waals surface area contributed by atoms with Crippen LogP contribution in [0.2, 0.25) is 0 Å². The molecule has 0 saturated heterocycles. The molecular weight excluding hydrogens is 372 g/mol. The molecule has 0 bridgehead atoms. The molecule has 2 aromatic rings. The number of benzene rings is 1. The Balaban J connectivity index is 1.33. The summed E-state index contributed by atoms with van der Waals surface area (Å²) in [5.41, 5.74) is 4.18. The maximum atomic E-state index is 12.5. The van der Waals surface area contributed by atoms with E-state index in [0.717, 1.165) is 54.0 Å². The first-order valence-corrected chi connectivity index (χ1v) is 10.7. The molecule has 2 aliphatic rings. The molecule has 0 atom stereocenters. The fourth-order valence-electron chi connectivity index (χ4n) is 3.66. The number of nitrogens with one attached hydrogen (secondary N) is 2. The third-order valence-electron chi connectivity index (χ3n) is 5.54. The average molecular weight is 399 g/mol. The Labute approximate surface area is 169 Å². The van der Waals surface area contributed by atoms with Crippen molar-refractivity contribution < 1.29 is 9.59 Å². The van der Waals surface area contributed by atoms with Gasteiger partial charge in [-0.2, -0.15) is 0 Å². The Morgan fingerprint density at radius 1 is 1.25 bits per heavy atom. The second-order valence-corrected chi connectivity index (χ2v) is 8.92. The highest BCUT2D eigenvalue weighted by molar-refractivity contribution is 7.15. The van der Waals surface area contributed by atoms with Crippen LogP contribution in [0.5, 0.6) is 0 Å². The van der Waals surface area contributed by atoms with E-state index in [-0.39, 0.29) is 17.7 Å². The quantitative estimate of drug-likeness (QED) is 0.808. The van der Waals surface area contributed by atoms with Crippen molar-refractivity contribution in [3.05, 3.63) is 39.9 Å². The van der Waals surface area contributed by atoms with Crippen LogP contribution in [-0.2, 0) is 22.6 Å². The van der Waals surface area contributed by atoms with E-state index < -0.39 is 0 Å². The molecule has 1 saturated carbocycles. The van der Waals surface area contributed by atoms with E-state index in [0.29, 0.717) is 18.2 Å². The first-order chi connectivity index (χ1) is 13.5. The van der Waals surface area contributed by atoms with Crippen molar-refractivity contribution in [2.75, 3.05) is 23.7 Å². The Bertz CT molecular complexity index is 904. The summed E-state index contributed by atoms with van der Waals surface area (Å²) in [6.07, 6.45) is 3.92. The molecule has 28 heavy (non-hydrogen) atoms. The Morgan fingerprint density at radius 3 is 2.79 bits per heavy atom. The summed E-state index contributed by atoms with van der Waals surface area (Å²) in [5, 5.41) is 6.68. The molecule has 0 unspecified atom stereocenters. The molecule has 1 aliphatic heterocycles. The number of rotatable bonds is 5. The second-order valence-electron chi connectivity index (χ2n) is 7.83. The van der Waals surface area contributed by atoms with Gasteiger partial charge in [-0.15, -0.1) is 11.3 Å². The smallest absolute Gasteiger partial charge is 0.238 e. The third-order valence-corrected chi connectivity index (χ3v) is 6.54. The number of nitrogens with zero attached hydrogens (tertiary/aromatic N) is 2. The second kappa shape index (κ2) is 8.01. The number of thiazole rings is 1. The monoisotopic (exact) mass is 398 g/mol. The zero-order valence-electron chi connectivity index (χ0n) is 16.4. The van der Waals surface area contributed by atoms with E-state index in [1.165, 1.54) is 16.9 Å². The van der Waals surface area contributed by atoms with E-state index in [9.17, 15) is 9.59 Å². The van der Waals surface area contributed by atoms with Gasteiger partial charge in [0, 0.05) is 36.0 Å². The van der Waals surface area contributed by atoms with Crippen LogP contribution in [0.1, 0.15) is 41.0 Å². The van der Waals surface area contributed by atoms with Gasteiger partial charge in [0.05, 0.1) is 12.2 Å². The lowest BCUT2D eigenvalue weighted by Gasteiger charge is -2.25. The number of hydrogen-bond acceptors (Lipinski definition) is 5. The summed E-state index contributed by atoms with van der Waals surface area (Å²) >= 11 is 1.54. The first kappa shape index (κ1) is 19.1. The molecule has 1 aromatic heterocycles. The van der Waals surface area contributed by atoms with E-state index in [1.54, 1.807) is 0 Å². The van der Waals surface area contributed by atoms with Crippen LogP contribution in [0.15, 0.2) is 18.2 Å². The van der Waals surface area contributed by atoms with Gasteiger partial charge in [0.1, 0.15) is 0 Å². The first-order valence-electron chi connectivity index (χ1n) is 9.87. The van der Waals surface area contributed by atoms with Gasteiger partial charge in [0.25, 0.3) is 0 Å². The lowest BCUT2D eigenvalue weighted by atomic mass is 9.85. The van der Waals surface area contributed by atoms with Crippen molar-refractivity contribution in [1.29, 1.82) is 0 Å². The van der Waals surface area contributed by atoms with Crippen molar-refractivity contribution >= 4 is 34.0 Å². The van der Waals surface area contributed by atoms with Gasteiger partial charge in [0.15, 0.2) is 5.13 Å². The normalized spacial score (nSPS) is 16.9. The molecule has 0 radical (unpaired) electrons. The molecule has 4 rings (SSSR count). The van der Waals surface area contributed by atoms with Gasteiger partial charge in [0.2, 0.25) is 11.8 Å². The highest BCUT2D eigenvalue weighted by Gasteiger charge is 2.27. The molecular formula is C21H26N4O2S. The van der Waals surface area contributed by atoms with Crippen LogP contribution < -0.4 is 10.6 Å². The van der Waals surface area contributed by atoms with Crippen LogP contribution in [0.25, 0.3) is 0 Å². The predicted molar refractivity (Wildman–Crippen MR) is 112 cm³/mol. The van der Waals surface area contributed by atoms with Crippen molar-refractivity contribution in [3.63, 3.8) is 0 Å². The van der Waals surface area contributed by atoms with Crippen molar-refractivity contribution in [1.82, 2.24) is 9.88 Å². The fraction of sp³-hybridized carbons (Fsp3) is 0.476. The summed E-state index contributed by atoms with van der Waals surface area (Å²) in [7, 11) is 0. The van der Waals surface area contributed by atoms with Gasteiger partial charge in [-0.25, -0.2) is 4.98 Å². The van der Waals surface area contributed by atoms with Gasteiger partial charge >= 0.3 is 0 Å². The molecule has 2 heterocycles. The zero-order chi connectivity index (χ0) is 19.7. The lowest BCUT2D eigenvalue weighted by Crippen LogP contribution is -2.36. The Morgan fingerprint density at radius 2 is 2.07 bits per heavy atom. The lowest BCUT2D eigenvalue weighted by molar-refractivity contribution is -0.122. The summed E-state index contributed by atoms with van der Waals surface area (Å²) in [6.45, 7) is 5.91. The molecule has 1 fully saturated rings. The van der Waals surface area contributed by atoms with E-state index in [4.69, 9.17) is 0 Å². The SMILES string of the molecule is Cc1ccc(NC(=O)CN2CCc3nc(NC(=O)C4CCC4)sc3C2)c(C)c1. The van der Waals surface area contributed by atoms with Crippen molar-refractivity contribution in [2.45, 2.75) is 46.1 Å². The molecule has 7 heteroatoms. The van der Waals surface area contributed by atoms with Gasteiger partial charge in [-0.3, -0.25) is 14.5 Å². The molecule has 1 aliphatic carbocycles. The summed E-state index contributed by atoms with van der Waals surface area (Å²) in [5.74, 6) is 0.256. The van der Waals surface area contributed by atoms with Crippen LogP contribution in [0.3, 0.4) is 0 Å². The molecule has 2 N–H and O–H groups in total. The molecule has 1 aromatic carbocycles. The van der Waals surface area contributed by atoms with Crippen molar-refractivity contribution in [3.8, 4) is 0 Å². The van der Waals surface area contributed by atoms with E-state index in [1.807, 2.05) is 26.0 Å². The van der Waals surface area contributed by atoms with Crippen LogP contribution in [0.4, 0.5) is 10.8 Å². The maximum Gasteiger partial charge on any atom is 0.238 e.